The van der Waals surface area contributed by atoms with E-state index >= 15 is 0 Å². The number of nitrogens with zero attached hydrogens (tertiary/aromatic N) is 1. The summed E-state index contributed by atoms with van der Waals surface area (Å²) < 4.78 is 65.4. The number of aryl methyl sites for hydroxylation is 1. The monoisotopic (exact) mass is 393 g/mol. The molecule has 2 rings (SSSR count). The van der Waals surface area contributed by atoms with Crippen molar-refractivity contribution in [2.24, 2.45) is 0 Å². The average molecular weight is 393 g/mol. The SMILES string of the molecule is Cc1cnc(NC(=O)[C@@H](C)NS(=O)(=O)c2ccccc2C(F)(F)F)s1. The first-order valence-corrected chi connectivity index (χ1v) is 9.22. The number of nitrogens with one attached hydrogen (secondary N) is 2. The summed E-state index contributed by atoms with van der Waals surface area (Å²) in [5.41, 5.74) is -1.30. The first-order valence-electron chi connectivity index (χ1n) is 6.92. The van der Waals surface area contributed by atoms with Crippen LogP contribution in [0, 0.1) is 6.92 Å². The lowest BCUT2D eigenvalue weighted by molar-refractivity contribution is -0.139. The average Bonchev–Trinajstić information content (AvgIpc) is 2.91. The lowest BCUT2D eigenvalue weighted by Crippen LogP contribution is -2.42. The molecule has 0 bridgehead atoms. The largest absolute Gasteiger partial charge is 0.417 e. The van der Waals surface area contributed by atoms with Gasteiger partial charge in [-0.15, -0.1) is 11.3 Å². The second kappa shape index (κ2) is 7.10. The van der Waals surface area contributed by atoms with Gasteiger partial charge in [-0.3, -0.25) is 4.79 Å². The minimum absolute atomic E-state index is 0.268. The standard InChI is InChI=1S/C14H14F3N3O3S2/c1-8-7-18-13(24-8)19-12(21)9(2)20-25(22,23)11-6-4-3-5-10(11)14(15,16)17/h3-7,9,20H,1-2H3,(H,18,19,21)/t9-/m1/s1. The number of rotatable bonds is 5. The van der Waals surface area contributed by atoms with E-state index in [0.29, 0.717) is 6.07 Å². The van der Waals surface area contributed by atoms with Crippen LogP contribution in [0.1, 0.15) is 17.4 Å². The second-order valence-electron chi connectivity index (χ2n) is 5.10. The maximum absolute atomic E-state index is 13.0. The summed E-state index contributed by atoms with van der Waals surface area (Å²) in [6.45, 7) is 3.00. The van der Waals surface area contributed by atoms with Gasteiger partial charge in [0.05, 0.1) is 16.5 Å². The molecule has 0 saturated heterocycles. The van der Waals surface area contributed by atoms with Gasteiger partial charge in [0.15, 0.2) is 5.13 Å². The Hall–Kier alpha value is -1.98. The molecule has 0 aliphatic carbocycles. The number of amides is 1. The number of alkyl halides is 3. The second-order valence-corrected chi connectivity index (χ2v) is 8.02. The van der Waals surface area contributed by atoms with Gasteiger partial charge < -0.3 is 5.32 Å². The number of halogens is 3. The Bertz CT molecular complexity index is 879. The molecule has 6 nitrogen and oxygen atoms in total. The molecule has 2 N–H and O–H groups in total. The molecule has 0 aliphatic rings. The molecule has 1 heterocycles. The Balaban J connectivity index is 2.20. The highest BCUT2D eigenvalue weighted by molar-refractivity contribution is 7.89. The van der Waals surface area contributed by atoms with Gasteiger partial charge >= 0.3 is 6.18 Å². The zero-order valence-electron chi connectivity index (χ0n) is 13.1. The van der Waals surface area contributed by atoms with Gasteiger partial charge in [-0.05, 0) is 26.0 Å². The van der Waals surface area contributed by atoms with E-state index in [-0.39, 0.29) is 5.13 Å². The zero-order valence-corrected chi connectivity index (χ0v) is 14.7. The van der Waals surface area contributed by atoms with Gasteiger partial charge in [0.25, 0.3) is 0 Å². The number of sulfonamides is 1. The number of carbonyl (C=O) groups excluding carboxylic acids is 1. The summed E-state index contributed by atoms with van der Waals surface area (Å²) in [6, 6.07) is 2.46. The molecule has 0 saturated carbocycles. The molecule has 0 unspecified atom stereocenters. The normalized spacial score (nSPS) is 13.5. The van der Waals surface area contributed by atoms with Gasteiger partial charge in [-0.1, -0.05) is 12.1 Å². The molecule has 0 aliphatic heterocycles. The van der Waals surface area contributed by atoms with E-state index in [1.165, 1.54) is 30.5 Å². The Labute approximate surface area is 146 Å². The Morgan fingerprint density at radius 3 is 2.48 bits per heavy atom. The molecular weight excluding hydrogens is 379 g/mol. The molecule has 136 valence electrons. The molecule has 0 radical (unpaired) electrons. The summed E-state index contributed by atoms with van der Waals surface area (Å²) >= 11 is 1.18. The van der Waals surface area contributed by atoms with E-state index in [0.717, 1.165) is 17.0 Å². The topological polar surface area (TPSA) is 88.2 Å². The Morgan fingerprint density at radius 1 is 1.28 bits per heavy atom. The van der Waals surface area contributed by atoms with Crippen LogP contribution in [0.2, 0.25) is 0 Å². The molecule has 1 atom stereocenters. The summed E-state index contributed by atoms with van der Waals surface area (Å²) in [4.78, 5) is 15.8. The lowest BCUT2D eigenvalue weighted by Gasteiger charge is -2.16. The van der Waals surface area contributed by atoms with Crippen LogP contribution in [0.4, 0.5) is 18.3 Å². The maximum Gasteiger partial charge on any atom is 0.417 e. The van der Waals surface area contributed by atoms with Crippen LogP contribution >= 0.6 is 11.3 Å². The van der Waals surface area contributed by atoms with Crippen molar-refractivity contribution in [3.05, 3.63) is 40.9 Å². The van der Waals surface area contributed by atoms with Crippen LogP contribution in [0.3, 0.4) is 0 Å². The molecule has 1 amide bonds. The summed E-state index contributed by atoms with van der Waals surface area (Å²) in [7, 11) is -4.55. The molecule has 2 aromatic rings. The predicted molar refractivity (Wildman–Crippen MR) is 86.7 cm³/mol. The molecular formula is C14H14F3N3O3S2. The third-order valence-corrected chi connectivity index (χ3v) is 5.49. The van der Waals surface area contributed by atoms with E-state index in [1.54, 1.807) is 6.92 Å². The molecule has 0 fully saturated rings. The fourth-order valence-corrected chi connectivity index (χ4v) is 4.01. The molecule has 1 aromatic carbocycles. The number of benzene rings is 1. The van der Waals surface area contributed by atoms with Crippen molar-refractivity contribution in [2.75, 3.05) is 5.32 Å². The lowest BCUT2D eigenvalue weighted by atomic mass is 10.2. The fraction of sp³-hybridized carbons (Fsp3) is 0.286. The number of thiazole rings is 1. The first-order chi connectivity index (χ1) is 11.5. The predicted octanol–water partition coefficient (Wildman–Crippen LogP) is 2.78. The van der Waals surface area contributed by atoms with Gasteiger partial charge in [0.2, 0.25) is 15.9 Å². The highest BCUT2D eigenvalue weighted by Gasteiger charge is 2.37. The number of anilines is 1. The summed E-state index contributed by atoms with van der Waals surface area (Å²) in [5.74, 6) is -0.734. The third kappa shape index (κ3) is 4.77. The van der Waals surface area contributed by atoms with Crippen molar-refractivity contribution in [2.45, 2.75) is 31.0 Å². The Kier molecular flexibility index (Phi) is 5.49. The number of hydrogen-bond acceptors (Lipinski definition) is 5. The summed E-state index contributed by atoms with van der Waals surface area (Å²) in [5, 5.41) is 2.67. The van der Waals surface area contributed by atoms with Crippen LogP contribution in [0.5, 0.6) is 0 Å². The van der Waals surface area contributed by atoms with E-state index in [2.05, 4.69) is 10.3 Å². The highest BCUT2D eigenvalue weighted by Crippen LogP contribution is 2.33. The fourth-order valence-electron chi connectivity index (χ4n) is 1.91. The Morgan fingerprint density at radius 2 is 1.92 bits per heavy atom. The highest BCUT2D eigenvalue weighted by atomic mass is 32.2. The zero-order chi connectivity index (χ0) is 18.8. The van der Waals surface area contributed by atoms with Crippen LogP contribution in [-0.4, -0.2) is 25.4 Å². The third-order valence-electron chi connectivity index (χ3n) is 3.06. The van der Waals surface area contributed by atoms with Crippen LogP contribution < -0.4 is 10.0 Å². The molecule has 0 spiro atoms. The van der Waals surface area contributed by atoms with Crippen LogP contribution in [0.25, 0.3) is 0 Å². The number of carbonyl (C=O) groups is 1. The van der Waals surface area contributed by atoms with Crippen molar-refractivity contribution in [3.8, 4) is 0 Å². The maximum atomic E-state index is 13.0. The van der Waals surface area contributed by atoms with E-state index in [4.69, 9.17) is 0 Å². The minimum Gasteiger partial charge on any atom is -0.301 e. The summed E-state index contributed by atoms with van der Waals surface area (Å²) in [6.07, 6.45) is -3.32. The van der Waals surface area contributed by atoms with Crippen LogP contribution in [-0.2, 0) is 21.0 Å². The van der Waals surface area contributed by atoms with Crippen molar-refractivity contribution in [1.29, 1.82) is 0 Å². The van der Waals surface area contributed by atoms with Gasteiger partial charge in [0, 0.05) is 11.1 Å². The number of aromatic nitrogens is 1. The van der Waals surface area contributed by atoms with Gasteiger partial charge in [-0.25, -0.2) is 13.4 Å². The first kappa shape index (κ1) is 19.3. The van der Waals surface area contributed by atoms with Crippen molar-refractivity contribution >= 4 is 32.4 Å². The van der Waals surface area contributed by atoms with Gasteiger partial charge in [0.1, 0.15) is 0 Å². The van der Waals surface area contributed by atoms with E-state index in [9.17, 15) is 26.4 Å². The van der Waals surface area contributed by atoms with Crippen molar-refractivity contribution < 1.29 is 26.4 Å². The molecule has 25 heavy (non-hydrogen) atoms. The smallest absolute Gasteiger partial charge is 0.301 e. The van der Waals surface area contributed by atoms with Crippen molar-refractivity contribution in [3.63, 3.8) is 0 Å². The van der Waals surface area contributed by atoms with E-state index < -0.39 is 38.6 Å². The molecule has 11 heteroatoms. The molecule has 1 aromatic heterocycles. The van der Waals surface area contributed by atoms with Crippen LogP contribution in [0.15, 0.2) is 35.4 Å². The minimum atomic E-state index is -4.84. The van der Waals surface area contributed by atoms with Crippen molar-refractivity contribution in [1.82, 2.24) is 9.71 Å². The number of hydrogen-bond donors (Lipinski definition) is 2. The van der Waals surface area contributed by atoms with Gasteiger partial charge in [-0.2, -0.15) is 17.9 Å². The van der Waals surface area contributed by atoms with E-state index in [1.807, 2.05) is 4.72 Å². The quantitative estimate of drug-likeness (QED) is 0.818.